The normalized spacial score (nSPS) is 12.9. The Hall–Kier alpha value is -6.43. The van der Waals surface area contributed by atoms with Crippen molar-refractivity contribution < 1.29 is 38.2 Å². The second-order valence-electron chi connectivity index (χ2n) is 15.6. The quantitative estimate of drug-likeness (QED) is 0.0296. The number of hydrogen-bond donors (Lipinski definition) is 4. The maximum absolute atomic E-state index is 13.6. The highest BCUT2D eigenvalue weighted by Gasteiger charge is 2.27. The number of nitrogens with zero attached hydrogens (tertiary/aromatic N) is 4. The van der Waals surface area contributed by atoms with E-state index in [1.807, 2.05) is 13.8 Å². The number of aryl methyl sites for hydroxylation is 1. The van der Waals surface area contributed by atoms with Crippen LogP contribution in [0.3, 0.4) is 0 Å². The first kappa shape index (κ1) is 55.5. The molecule has 4 N–H and O–H groups in total. The smallest absolute Gasteiger partial charge is 0.258 e. The Morgan fingerprint density at radius 3 is 1.44 bits per heavy atom. The van der Waals surface area contributed by atoms with Crippen LogP contribution in [0.2, 0.25) is 10.0 Å². The molecule has 0 aliphatic rings. The molecule has 5 aromatic carbocycles. The number of hydrogen-bond acceptors (Lipinski definition) is 12. The minimum Gasteiger partial charge on any atom is -0.491 e. The van der Waals surface area contributed by atoms with Crippen molar-refractivity contribution in [3.8, 4) is 11.5 Å². The zero-order chi connectivity index (χ0) is 51.9. The maximum atomic E-state index is 13.6. The van der Waals surface area contributed by atoms with Crippen LogP contribution < -0.4 is 30.7 Å². The van der Waals surface area contributed by atoms with Gasteiger partial charge in [-0.3, -0.25) is 28.8 Å². The molecular formula is C50H49Cl5N8O8. The van der Waals surface area contributed by atoms with Crippen molar-refractivity contribution in [2.75, 3.05) is 40.4 Å². The lowest BCUT2D eigenvalue weighted by atomic mass is 10.1. The van der Waals surface area contributed by atoms with Crippen molar-refractivity contribution in [3.05, 3.63) is 129 Å². The third kappa shape index (κ3) is 15.3. The molecule has 0 aromatic heterocycles. The Bertz CT molecular complexity index is 2880. The van der Waals surface area contributed by atoms with E-state index in [0.29, 0.717) is 52.8 Å². The summed E-state index contributed by atoms with van der Waals surface area (Å²) in [5.74, 6) is -3.12. The van der Waals surface area contributed by atoms with Gasteiger partial charge in [0.1, 0.15) is 11.5 Å². The first-order chi connectivity index (χ1) is 33.8. The van der Waals surface area contributed by atoms with Gasteiger partial charge in [-0.2, -0.15) is 20.5 Å². The van der Waals surface area contributed by atoms with Crippen LogP contribution in [0.1, 0.15) is 89.7 Å². The van der Waals surface area contributed by atoms with Crippen LogP contribution in [-0.2, 0) is 25.6 Å². The van der Waals surface area contributed by atoms with Gasteiger partial charge >= 0.3 is 0 Å². The third-order valence-electron chi connectivity index (χ3n) is 10.1. The summed E-state index contributed by atoms with van der Waals surface area (Å²) in [4.78, 5) is 79.4. The van der Waals surface area contributed by atoms with E-state index in [1.165, 1.54) is 54.6 Å². The number of azo groups is 2. The van der Waals surface area contributed by atoms with Gasteiger partial charge in [0.15, 0.2) is 11.6 Å². The van der Waals surface area contributed by atoms with Crippen molar-refractivity contribution in [3.63, 3.8) is 0 Å². The number of amides is 4. The minimum absolute atomic E-state index is 0.0815. The van der Waals surface area contributed by atoms with Crippen LogP contribution in [0.5, 0.6) is 11.5 Å². The molecule has 0 spiro atoms. The van der Waals surface area contributed by atoms with Crippen molar-refractivity contribution in [2.45, 2.75) is 70.8 Å². The summed E-state index contributed by atoms with van der Waals surface area (Å²) >= 11 is 31.5. The Kier molecular flexibility index (Phi) is 20.4. The molecule has 5 aromatic rings. The first-order valence-corrected chi connectivity index (χ1v) is 24.2. The molecule has 0 aliphatic carbocycles. The molecule has 21 heteroatoms. The largest absolute Gasteiger partial charge is 0.491 e. The molecule has 0 heterocycles. The number of para-hydroxylation sites is 2. The average molecular weight is 1070 g/mol. The Morgan fingerprint density at radius 1 is 0.577 bits per heavy atom. The van der Waals surface area contributed by atoms with Gasteiger partial charge in [-0.25, -0.2) is 0 Å². The van der Waals surface area contributed by atoms with E-state index < -0.39 is 58.0 Å². The van der Waals surface area contributed by atoms with E-state index in [4.69, 9.17) is 67.5 Å². The topological polar surface area (TPSA) is 218 Å². The van der Waals surface area contributed by atoms with Gasteiger partial charge < -0.3 is 30.7 Å². The number of benzene rings is 5. The number of carbonyl (C=O) groups is 6. The van der Waals surface area contributed by atoms with Gasteiger partial charge in [-0.15, -0.1) is 34.8 Å². The van der Waals surface area contributed by atoms with E-state index in [9.17, 15) is 28.8 Å². The standard InChI is InChI=1S/C50H49Cl5N8O8/c1-7-70-45-38(26(3)52)11-9-13-41(45)58-47(66)31-19-33(54)24-36(22-31)60-62-43(28(5)64)49(68)56-35-15-16-40(30(21-35)17-18-51)57-50(69)44(29(6)65)63-61-37-23-32(20-34(55)25-37)48(67)59-42-14-10-12-39(27(4)53)46(42)71-8-2/h9-16,19-27,43-44H,7-8,17-18H2,1-6H3,(H,56,68)(H,57,69)(H,58,66)(H,59,67). The van der Waals surface area contributed by atoms with E-state index in [1.54, 1.807) is 50.2 Å². The summed E-state index contributed by atoms with van der Waals surface area (Å²) in [6.45, 7) is 10.2. The Labute approximate surface area is 435 Å². The maximum Gasteiger partial charge on any atom is 0.258 e. The molecule has 0 fully saturated rings. The molecule has 0 aliphatic heterocycles. The summed E-state index contributed by atoms with van der Waals surface area (Å²) < 4.78 is 11.6. The highest BCUT2D eigenvalue weighted by atomic mass is 35.5. The third-order valence-corrected chi connectivity index (χ3v) is 11.2. The van der Waals surface area contributed by atoms with Crippen molar-refractivity contribution in [2.24, 2.45) is 20.5 Å². The van der Waals surface area contributed by atoms with Crippen LogP contribution in [0, 0.1) is 0 Å². The summed E-state index contributed by atoms with van der Waals surface area (Å²) in [6, 6.07) is 20.0. The zero-order valence-electron chi connectivity index (χ0n) is 39.2. The van der Waals surface area contributed by atoms with Crippen LogP contribution in [0.25, 0.3) is 0 Å². The SMILES string of the molecule is CCOc1c(NC(=O)c2cc(Cl)cc(N=NC(C(C)=O)C(=O)Nc3ccc(NC(=O)C(N=Nc4cc(Cl)cc(C(=O)Nc5cccc(C(C)Cl)c5OCC)c4)C(C)=O)c(CCCl)c3)c2)cccc1C(C)Cl. The number of carbonyl (C=O) groups excluding carboxylic acids is 6. The summed E-state index contributed by atoms with van der Waals surface area (Å²) in [6.07, 6.45) is 0.201. The molecule has 71 heavy (non-hydrogen) atoms. The monoisotopic (exact) mass is 1060 g/mol. The molecule has 0 radical (unpaired) electrons. The van der Waals surface area contributed by atoms with Gasteiger partial charge in [0.2, 0.25) is 12.1 Å². The van der Waals surface area contributed by atoms with Crippen LogP contribution in [-0.4, -0.2) is 66.4 Å². The van der Waals surface area contributed by atoms with Gasteiger partial charge in [-0.1, -0.05) is 47.5 Å². The summed E-state index contributed by atoms with van der Waals surface area (Å²) in [5.41, 5.74) is 3.44. The highest BCUT2D eigenvalue weighted by molar-refractivity contribution is 6.32. The van der Waals surface area contributed by atoms with Gasteiger partial charge in [-0.05, 0) is 120 Å². The average Bonchev–Trinajstić information content (AvgIpc) is 3.30. The molecular weight excluding hydrogens is 1020 g/mol. The van der Waals surface area contributed by atoms with E-state index in [-0.39, 0.29) is 56.2 Å². The lowest BCUT2D eigenvalue weighted by Crippen LogP contribution is -2.32. The van der Waals surface area contributed by atoms with Crippen molar-refractivity contribution >= 4 is 127 Å². The lowest BCUT2D eigenvalue weighted by Gasteiger charge is -2.17. The number of alkyl halides is 3. The Morgan fingerprint density at radius 2 is 1.03 bits per heavy atom. The molecule has 4 atom stereocenters. The van der Waals surface area contributed by atoms with Crippen LogP contribution in [0.4, 0.5) is 34.1 Å². The Balaban J connectivity index is 1.29. The molecule has 0 bridgehead atoms. The predicted molar refractivity (Wildman–Crippen MR) is 279 cm³/mol. The van der Waals surface area contributed by atoms with Crippen molar-refractivity contribution in [1.29, 1.82) is 0 Å². The lowest BCUT2D eigenvalue weighted by molar-refractivity contribution is -0.127. The molecule has 4 amide bonds. The number of rotatable bonds is 22. The molecule has 4 unspecified atom stereocenters. The van der Waals surface area contributed by atoms with Gasteiger partial charge in [0.05, 0.1) is 46.7 Å². The number of Topliss-reactive ketones (excluding diaryl/α,β-unsaturated/α-hetero) is 2. The van der Waals surface area contributed by atoms with Crippen LogP contribution in [0.15, 0.2) is 111 Å². The van der Waals surface area contributed by atoms with Gasteiger partial charge in [0.25, 0.3) is 23.6 Å². The fraction of sp³-hybridized carbons (Fsp3) is 0.280. The fourth-order valence-electron chi connectivity index (χ4n) is 6.86. The van der Waals surface area contributed by atoms with Gasteiger partial charge in [0, 0.05) is 49.6 Å². The van der Waals surface area contributed by atoms with Crippen LogP contribution >= 0.6 is 58.0 Å². The number of anilines is 4. The second-order valence-corrected chi connectivity index (χ2v) is 18.2. The molecule has 0 saturated heterocycles. The highest BCUT2D eigenvalue weighted by Crippen LogP contribution is 2.38. The van der Waals surface area contributed by atoms with E-state index >= 15 is 0 Å². The van der Waals surface area contributed by atoms with E-state index in [0.717, 1.165) is 13.8 Å². The predicted octanol–water partition coefficient (Wildman–Crippen LogP) is 13.0. The number of nitrogens with one attached hydrogen (secondary N) is 4. The molecule has 372 valence electrons. The summed E-state index contributed by atoms with van der Waals surface area (Å²) in [7, 11) is 0. The number of halogens is 5. The van der Waals surface area contributed by atoms with Crippen molar-refractivity contribution in [1.82, 2.24) is 0 Å². The molecule has 0 saturated carbocycles. The number of ether oxygens (including phenoxy) is 2. The zero-order valence-corrected chi connectivity index (χ0v) is 43.0. The summed E-state index contributed by atoms with van der Waals surface area (Å²) in [5, 5.41) is 26.6. The minimum atomic E-state index is -1.62. The molecule has 5 rings (SSSR count). The fourth-order valence-corrected chi connectivity index (χ4v) is 7.86. The second kappa shape index (κ2) is 26.1. The number of ketones is 2. The van der Waals surface area contributed by atoms with E-state index in [2.05, 4.69) is 41.7 Å². The molecule has 16 nitrogen and oxygen atoms in total. The first-order valence-electron chi connectivity index (χ1n) is 22.0.